The maximum absolute atomic E-state index is 5.82. The lowest BCUT2D eigenvalue weighted by molar-refractivity contribution is 0.794. The molecule has 0 atom stereocenters. The SMILES string of the molecule is c1ccc2c(c1)-c1ccccc1C21c2ccccc2-c2ccc(-c3ccc(-c4ccc5c(c4)C4(c6ccccc6-c6ccccc64)c4ccccc4-5)c4nc5c(nc34)-c3cccc4cccc-5c34)cc21. The molecule has 0 radical (unpaired) electrons. The Hall–Kier alpha value is -8.98. The molecule has 70 heavy (non-hydrogen) atoms. The van der Waals surface area contributed by atoms with Crippen molar-refractivity contribution >= 4 is 21.8 Å². The van der Waals surface area contributed by atoms with Gasteiger partial charge >= 0.3 is 0 Å². The molecule has 12 aromatic rings. The number of rotatable bonds is 2. The third-order valence-electron chi connectivity index (χ3n) is 16.9. The van der Waals surface area contributed by atoms with E-state index >= 15 is 0 Å². The van der Waals surface area contributed by atoms with E-state index in [0.29, 0.717) is 0 Å². The zero-order valence-electron chi connectivity index (χ0n) is 37.8. The molecule has 320 valence electrons. The molecular formula is C68H38N2. The van der Waals surface area contributed by atoms with Gasteiger partial charge in [0.2, 0.25) is 0 Å². The summed E-state index contributed by atoms with van der Waals surface area (Å²) in [5.41, 5.74) is 30.6. The van der Waals surface area contributed by atoms with Crippen LogP contribution in [0.5, 0.6) is 0 Å². The maximum atomic E-state index is 5.82. The van der Waals surface area contributed by atoms with Crippen molar-refractivity contribution in [2.24, 2.45) is 0 Å². The molecule has 0 fully saturated rings. The molecule has 2 nitrogen and oxygen atoms in total. The Labute approximate surface area is 404 Å². The Morgan fingerprint density at radius 1 is 0.229 bits per heavy atom. The first-order chi connectivity index (χ1) is 34.7. The summed E-state index contributed by atoms with van der Waals surface area (Å²) in [6, 6.07) is 86.5. The third kappa shape index (κ3) is 4.26. The van der Waals surface area contributed by atoms with E-state index in [4.69, 9.17) is 9.97 Å². The zero-order chi connectivity index (χ0) is 45.5. The highest BCUT2D eigenvalue weighted by molar-refractivity contribution is 6.15. The average molecular weight is 883 g/mol. The Kier molecular flexibility index (Phi) is 6.86. The summed E-state index contributed by atoms with van der Waals surface area (Å²) in [4.78, 5) is 11.6. The van der Waals surface area contributed by atoms with Crippen LogP contribution in [0.1, 0.15) is 44.5 Å². The Morgan fingerprint density at radius 3 is 0.857 bits per heavy atom. The van der Waals surface area contributed by atoms with Gasteiger partial charge < -0.3 is 0 Å². The first kappa shape index (κ1) is 37.1. The molecule has 11 aromatic carbocycles. The lowest BCUT2D eigenvalue weighted by Crippen LogP contribution is -2.25. The van der Waals surface area contributed by atoms with Crippen molar-refractivity contribution in [1.82, 2.24) is 9.97 Å². The fraction of sp³-hybridized carbons (Fsp3) is 0.0294. The minimum atomic E-state index is -0.454. The standard InChI is InChI=1S/C68H38N2/c1-7-25-54-44(17-1)45-18-2-8-26-55(45)67(54)58-29-11-5-21-48(58)50-33-31-40(37-60(50)67)42-35-36-43(64-63(42)69-65-52-23-13-15-39-16-14-24-53(62(39)52)66(65)70-64)41-32-34-51-49-22-6-12-30-59(49)68(61(51)38-41)56-27-9-3-19-46(56)47-20-4-10-28-57(47)68/h1-38H. The van der Waals surface area contributed by atoms with E-state index in [1.807, 2.05) is 0 Å². The molecule has 2 heteroatoms. The van der Waals surface area contributed by atoms with Crippen LogP contribution >= 0.6 is 0 Å². The lowest BCUT2D eigenvalue weighted by Gasteiger charge is -2.31. The highest BCUT2D eigenvalue weighted by Crippen LogP contribution is 2.65. The van der Waals surface area contributed by atoms with Crippen LogP contribution in [0.2, 0.25) is 0 Å². The molecule has 2 spiro atoms. The lowest BCUT2D eigenvalue weighted by atomic mass is 9.70. The molecule has 1 aromatic heterocycles. The minimum Gasteiger partial charge on any atom is -0.243 e. The number of aromatic nitrogens is 2. The summed E-state index contributed by atoms with van der Waals surface area (Å²) >= 11 is 0. The van der Waals surface area contributed by atoms with E-state index in [2.05, 4.69) is 231 Å². The first-order valence-corrected chi connectivity index (χ1v) is 24.5. The first-order valence-electron chi connectivity index (χ1n) is 24.5. The second-order valence-electron chi connectivity index (χ2n) is 19.8. The summed E-state index contributed by atoms with van der Waals surface area (Å²) in [6.45, 7) is 0. The molecular weight excluding hydrogens is 845 g/mol. The smallest absolute Gasteiger partial charge is 0.0980 e. The van der Waals surface area contributed by atoms with Crippen LogP contribution < -0.4 is 0 Å². The van der Waals surface area contributed by atoms with E-state index in [0.717, 1.165) is 55.8 Å². The van der Waals surface area contributed by atoms with Gasteiger partial charge in [-0.25, -0.2) is 9.97 Å². The van der Waals surface area contributed by atoms with Crippen molar-refractivity contribution in [3.8, 4) is 89.3 Å². The molecule has 5 aliphatic carbocycles. The van der Waals surface area contributed by atoms with Crippen molar-refractivity contribution < 1.29 is 0 Å². The zero-order valence-corrected chi connectivity index (χ0v) is 37.8. The van der Waals surface area contributed by atoms with Crippen LogP contribution in [0.4, 0.5) is 0 Å². The fourth-order valence-electron chi connectivity index (χ4n) is 14.2. The molecule has 0 unspecified atom stereocenters. The number of nitrogens with zero attached hydrogens (tertiary/aromatic N) is 2. The van der Waals surface area contributed by atoms with Gasteiger partial charge in [0, 0.05) is 27.6 Å². The minimum absolute atomic E-state index is 0.454. The van der Waals surface area contributed by atoms with E-state index in [9.17, 15) is 0 Å². The molecule has 0 saturated carbocycles. The van der Waals surface area contributed by atoms with Crippen LogP contribution in [0, 0.1) is 0 Å². The molecule has 17 rings (SSSR count). The van der Waals surface area contributed by atoms with E-state index in [-0.39, 0.29) is 0 Å². The maximum Gasteiger partial charge on any atom is 0.0980 e. The number of benzene rings is 11. The average Bonchev–Trinajstić information content (AvgIpc) is 4.18. The molecule has 5 aliphatic rings. The Bertz CT molecular complexity index is 3980. The van der Waals surface area contributed by atoms with Gasteiger partial charge in [-0.15, -0.1) is 0 Å². The van der Waals surface area contributed by atoms with Crippen molar-refractivity contribution in [3.05, 3.63) is 275 Å². The van der Waals surface area contributed by atoms with Crippen LogP contribution in [0.15, 0.2) is 231 Å². The quantitative estimate of drug-likeness (QED) is 0.173. The number of fused-ring (bicyclic) bond motifs is 24. The predicted molar refractivity (Wildman–Crippen MR) is 285 cm³/mol. The highest BCUT2D eigenvalue weighted by atomic mass is 14.8. The van der Waals surface area contributed by atoms with Gasteiger partial charge in [-0.1, -0.05) is 218 Å². The summed E-state index contributed by atoms with van der Waals surface area (Å²) < 4.78 is 0. The normalized spacial score (nSPS) is 14.5. The van der Waals surface area contributed by atoms with Gasteiger partial charge in [-0.3, -0.25) is 0 Å². The van der Waals surface area contributed by atoms with Crippen molar-refractivity contribution in [2.45, 2.75) is 10.8 Å². The number of hydrogen-bond donors (Lipinski definition) is 0. The molecule has 0 saturated heterocycles. The highest BCUT2D eigenvalue weighted by Gasteiger charge is 2.53. The molecule has 0 bridgehead atoms. The topological polar surface area (TPSA) is 25.8 Å². The monoisotopic (exact) mass is 882 g/mol. The van der Waals surface area contributed by atoms with E-state index in [1.165, 1.54) is 99.8 Å². The fourth-order valence-corrected chi connectivity index (χ4v) is 14.2. The summed E-state index contributed by atoms with van der Waals surface area (Å²) in [7, 11) is 0. The Morgan fingerprint density at radius 2 is 0.514 bits per heavy atom. The van der Waals surface area contributed by atoms with Crippen molar-refractivity contribution in [3.63, 3.8) is 0 Å². The third-order valence-corrected chi connectivity index (χ3v) is 16.9. The molecule has 1 heterocycles. The largest absolute Gasteiger partial charge is 0.243 e. The van der Waals surface area contributed by atoms with Crippen LogP contribution in [0.25, 0.3) is 111 Å². The van der Waals surface area contributed by atoms with E-state index in [1.54, 1.807) is 0 Å². The predicted octanol–water partition coefficient (Wildman–Crippen LogP) is 16.5. The molecule has 0 aliphatic heterocycles. The second kappa shape index (κ2) is 13.0. The van der Waals surface area contributed by atoms with Gasteiger partial charge in [-0.05, 0) is 118 Å². The van der Waals surface area contributed by atoms with Crippen LogP contribution in [0.3, 0.4) is 0 Å². The van der Waals surface area contributed by atoms with Crippen molar-refractivity contribution in [2.75, 3.05) is 0 Å². The second-order valence-corrected chi connectivity index (χ2v) is 19.8. The van der Waals surface area contributed by atoms with Gasteiger partial charge in [0.15, 0.2) is 0 Å². The van der Waals surface area contributed by atoms with Gasteiger partial charge in [-0.2, -0.15) is 0 Å². The molecule has 0 N–H and O–H groups in total. The summed E-state index contributed by atoms with van der Waals surface area (Å²) in [5.74, 6) is 0. The van der Waals surface area contributed by atoms with Crippen LogP contribution in [-0.4, -0.2) is 9.97 Å². The van der Waals surface area contributed by atoms with Gasteiger partial charge in [0.05, 0.1) is 33.3 Å². The molecule has 0 amide bonds. The van der Waals surface area contributed by atoms with Crippen molar-refractivity contribution in [1.29, 1.82) is 0 Å². The summed E-state index contributed by atoms with van der Waals surface area (Å²) in [5, 5.41) is 2.44. The van der Waals surface area contributed by atoms with Crippen LogP contribution in [-0.2, 0) is 10.8 Å². The summed E-state index contributed by atoms with van der Waals surface area (Å²) in [6.07, 6.45) is 0. The number of hydrogen-bond acceptors (Lipinski definition) is 2. The van der Waals surface area contributed by atoms with Gasteiger partial charge in [0.1, 0.15) is 0 Å². The Balaban J connectivity index is 0.937. The van der Waals surface area contributed by atoms with E-state index < -0.39 is 10.8 Å². The van der Waals surface area contributed by atoms with Gasteiger partial charge in [0.25, 0.3) is 0 Å².